The van der Waals surface area contributed by atoms with Crippen LogP contribution in [-0.4, -0.2) is 48.3 Å². The fourth-order valence-electron chi connectivity index (χ4n) is 2.40. The number of nitrogens with zero attached hydrogens (tertiary/aromatic N) is 2. The number of piperazine rings is 3. The topological polar surface area (TPSA) is 3.24 Å². The smallest absolute Gasteiger partial charge is 0.196 e. The average Bonchev–Trinajstić information content (AvgIpc) is 2.31. The molecule has 0 amide bonds. The second-order valence-electron chi connectivity index (χ2n) is 3.36. The van der Waals surface area contributed by atoms with E-state index in [1.54, 1.807) is 0 Å². The van der Waals surface area contributed by atoms with Crippen LogP contribution in [0.15, 0.2) is 0 Å². The SMILES string of the molecule is C1C[N+]23CCN1C2C3. The average molecular weight is 111 g/mol. The Bertz CT molecular complexity index is 133. The lowest BCUT2D eigenvalue weighted by Gasteiger charge is -2.16. The van der Waals surface area contributed by atoms with Gasteiger partial charge in [0.15, 0.2) is 6.17 Å². The normalized spacial score (nSPS) is 66.0. The van der Waals surface area contributed by atoms with Gasteiger partial charge in [-0.25, -0.2) is 4.90 Å². The molecule has 0 saturated carbocycles. The predicted molar refractivity (Wildman–Crippen MR) is 30.2 cm³/mol. The van der Waals surface area contributed by atoms with E-state index in [0.717, 1.165) is 6.17 Å². The van der Waals surface area contributed by atoms with E-state index in [2.05, 4.69) is 4.90 Å². The first-order valence-corrected chi connectivity index (χ1v) is 3.51. The molecule has 3 saturated heterocycles. The molecular weight excluding hydrogens is 100 g/mol. The Morgan fingerprint density at radius 2 is 2.00 bits per heavy atom. The summed E-state index contributed by atoms with van der Waals surface area (Å²) < 4.78 is 1.49. The van der Waals surface area contributed by atoms with Gasteiger partial charge in [-0.3, -0.25) is 4.48 Å². The highest BCUT2D eigenvalue weighted by molar-refractivity contribution is 4.89. The summed E-state index contributed by atoms with van der Waals surface area (Å²) in [5.74, 6) is 0. The van der Waals surface area contributed by atoms with Crippen molar-refractivity contribution in [3.05, 3.63) is 0 Å². The number of hydrogen-bond donors (Lipinski definition) is 0. The molecule has 0 aromatic carbocycles. The zero-order valence-corrected chi connectivity index (χ0v) is 5.01. The molecule has 1 atom stereocenters. The van der Waals surface area contributed by atoms with Crippen LogP contribution >= 0.6 is 0 Å². The third-order valence-electron chi connectivity index (χ3n) is 3.11. The van der Waals surface area contributed by atoms with Gasteiger partial charge in [0.25, 0.3) is 0 Å². The molecule has 2 bridgehead atoms. The zero-order chi connectivity index (χ0) is 5.19. The Balaban J connectivity index is 2.09. The van der Waals surface area contributed by atoms with Crippen LogP contribution in [0.1, 0.15) is 0 Å². The summed E-state index contributed by atoms with van der Waals surface area (Å²) in [5.41, 5.74) is 0. The monoisotopic (exact) mass is 111 g/mol. The van der Waals surface area contributed by atoms with Crippen molar-refractivity contribution in [1.82, 2.24) is 4.90 Å². The van der Waals surface area contributed by atoms with E-state index in [1.165, 1.54) is 37.2 Å². The Kier molecular flexibility index (Phi) is 0.408. The number of hydrogen-bond acceptors (Lipinski definition) is 1. The maximum atomic E-state index is 2.64. The first kappa shape index (κ1) is 3.85. The summed E-state index contributed by atoms with van der Waals surface area (Å²) in [5, 5.41) is 0. The fraction of sp³-hybridized carbons (Fsp3) is 1.00. The largest absolute Gasteiger partial charge is 0.295 e. The van der Waals surface area contributed by atoms with E-state index in [4.69, 9.17) is 0 Å². The molecule has 3 fully saturated rings. The molecule has 44 valence electrons. The highest BCUT2D eigenvalue weighted by atomic mass is 15.7. The first-order valence-electron chi connectivity index (χ1n) is 3.51. The Morgan fingerprint density at radius 3 is 2.12 bits per heavy atom. The molecule has 0 N–H and O–H groups in total. The molecule has 2 nitrogen and oxygen atoms in total. The van der Waals surface area contributed by atoms with Gasteiger partial charge in [0.1, 0.15) is 6.54 Å². The van der Waals surface area contributed by atoms with E-state index in [-0.39, 0.29) is 0 Å². The predicted octanol–water partition coefficient (Wildman–Crippen LogP) is -0.528. The minimum absolute atomic E-state index is 1.01. The Morgan fingerprint density at radius 1 is 1.25 bits per heavy atom. The van der Waals surface area contributed by atoms with Crippen LogP contribution in [0.3, 0.4) is 0 Å². The number of quaternary nitrogens is 1. The molecule has 0 aromatic rings. The van der Waals surface area contributed by atoms with Crippen LogP contribution in [0.2, 0.25) is 0 Å². The summed E-state index contributed by atoms with van der Waals surface area (Å²) >= 11 is 0. The van der Waals surface area contributed by atoms with Gasteiger partial charge >= 0.3 is 0 Å². The fourth-order valence-corrected chi connectivity index (χ4v) is 2.40. The van der Waals surface area contributed by atoms with Crippen molar-refractivity contribution in [2.75, 3.05) is 32.7 Å². The minimum atomic E-state index is 1.01. The van der Waals surface area contributed by atoms with Gasteiger partial charge in [-0.05, 0) is 0 Å². The maximum absolute atomic E-state index is 2.64. The molecule has 0 aromatic heterocycles. The maximum Gasteiger partial charge on any atom is 0.196 e. The molecule has 8 heavy (non-hydrogen) atoms. The van der Waals surface area contributed by atoms with Gasteiger partial charge < -0.3 is 0 Å². The van der Waals surface area contributed by atoms with Gasteiger partial charge in [0, 0.05) is 0 Å². The summed E-state index contributed by atoms with van der Waals surface area (Å²) in [6.45, 7) is 7.20. The van der Waals surface area contributed by atoms with Crippen molar-refractivity contribution in [2.24, 2.45) is 0 Å². The molecule has 0 aliphatic carbocycles. The second kappa shape index (κ2) is 0.847. The van der Waals surface area contributed by atoms with Gasteiger partial charge in [0.05, 0.1) is 26.2 Å². The zero-order valence-electron chi connectivity index (χ0n) is 5.01. The molecule has 3 aliphatic rings. The molecular formula is C6H11N2+. The third kappa shape index (κ3) is 0.231. The van der Waals surface area contributed by atoms with Crippen LogP contribution in [0.5, 0.6) is 0 Å². The highest BCUT2D eigenvalue weighted by Crippen LogP contribution is 2.43. The molecule has 1 unspecified atom stereocenters. The molecule has 0 radical (unpaired) electrons. The van der Waals surface area contributed by atoms with Gasteiger partial charge in [0.2, 0.25) is 0 Å². The van der Waals surface area contributed by atoms with Crippen LogP contribution < -0.4 is 0 Å². The van der Waals surface area contributed by atoms with Crippen LogP contribution in [0.4, 0.5) is 0 Å². The third-order valence-corrected chi connectivity index (χ3v) is 3.11. The van der Waals surface area contributed by atoms with Crippen molar-refractivity contribution in [2.45, 2.75) is 6.17 Å². The Hall–Kier alpha value is -0.0800. The van der Waals surface area contributed by atoms with E-state index < -0.39 is 0 Å². The van der Waals surface area contributed by atoms with Crippen molar-refractivity contribution in [3.63, 3.8) is 0 Å². The van der Waals surface area contributed by atoms with Crippen molar-refractivity contribution < 1.29 is 4.48 Å². The molecule has 2 heteroatoms. The second-order valence-corrected chi connectivity index (χ2v) is 3.36. The number of rotatable bonds is 0. The quantitative estimate of drug-likeness (QED) is 0.300. The van der Waals surface area contributed by atoms with Crippen molar-refractivity contribution in [3.8, 4) is 0 Å². The first-order chi connectivity index (χ1) is 3.91. The lowest BCUT2D eigenvalue weighted by molar-refractivity contribution is -0.794. The van der Waals surface area contributed by atoms with Gasteiger partial charge in [-0.1, -0.05) is 0 Å². The van der Waals surface area contributed by atoms with E-state index in [9.17, 15) is 0 Å². The van der Waals surface area contributed by atoms with Gasteiger partial charge in [-0.2, -0.15) is 0 Å². The van der Waals surface area contributed by atoms with E-state index in [0.29, 0.717) is 0 Å². The van der Waals surface area contributed by atoms with Crippen LogP contribution in [0, 0.1) is 0 Å². The minimum Gasteiger partial charge on any atom is -0.295 e. The summed E-state index contributed by atoms with van der Waals surface area (Å²) in [6.07, 6.45) is 1.01. The van der Waals surface area contributed by atoms with Crippen molar-refractivity contribution in [1.29, 1.82) is 0 Å². The Labute approximate surface area is 49.3 Å². The molecule has 3 heterocycles. The van der Waals surface area contributed by atoms with E-state index in [1.807, 2.05) is 0 Å². The van der Waals surface area contributed by atoms with E-state index >= 15 is 0 Å². The van der Waals surface area contributed by atoms with Crippen LogP contribution in [-0.2, 0) is 0 Å². The lowest BCUT2D eigenvalue weighted by Crippen LogP contribution is -2.36. The highest BCUT2D eigenvalue weighted by Gasteiger charge is 2.66. The molecule has 0 spiro atoms. The molecule has 3 rings (SSSR count). The van der Waals surface area contributed by atoms with Gasteiger partial charge in [-0.15, -0.1) is 0 Å². The lowest BCUT2D eigenvalue weighted by atomic mass is 10.4. The standard InChI is InChI=1S/C6H11N2/c1-3-8-4-2-7(1)6(8)5-8/h6H,1-5H2/q+1. The van der Waals surface area contributed by atoms with Crippen LogP contribution in [0.25, 0.3) is 0 Å². The summed E-state index contributed by atoms with van der Waals surface area (Å²) in [7, 11) is 0. The van der Waals surface area contributed by atoms with Crippen molar-refractivity contribution >= 4 is 0 Å². The summed E-state index contributed by atoms with van der Waals surface area (Å²) in [6, 6.07) is 0. The molecule has 3 aliphatic heterocycles. The summed E-state index contributed by atoms with van der Waals surface area (Å²) in [4.78, 5) is 2.64.